The Bertz CT molecular complexity index is 1220. The van der Waals surface area contributed by atoms with Crippen LogP contribution in [0.25, 0.3) is 0 Å². The molecule has 0 aliphatic carbocycles. The van der Waals surface area contributed by atoms with Crippen LogP contribution in [0.5, 0.6) is 5.88 Å². The summed E-state index contributed by atoms with van der Waals surface area (Å²) in [5.74, 6) is 1.04. The lowest BCUT2D eigenvalue weighted by Gasteiger charge is -2.18. The van der Waals surface area contributed by atoms with Crippen LogP contribution in [0, 0.1) is 6.92 Å². The van der Waals surface area contributed by atoms with Crippen LogP contribution < -0.4 is 10.1 Å². The third kappa shape index (κ3) is 3.82. The van der Waals surface area contributed by atoms with Gasteiger partial charge in [-0.2, -0.15) is 0 Å². The summed E-state index contributed by atoms with van der Waals surface area (Å²) in [5, 5.41) is 15.4. The summed E-state index contributed by atoms with van der Waals surface area (Å²) in [6, 6.07) is 14.8. The van der Waals surface area contributed by atoms with Crippen molar-refractivity contribution in [1.82, 2.24) is 30.2 Å². The van der Waals surface area contributed by atoms with Gasteiger partial charge in [-0.05, 0) is 18.6 Å². The van der Waals surface area contributed by atoms with Crippen LogP contribution in [0.2, 0.25) is 0 Å². The quantitative estimate of drug-likeness (QED) is 0.478. The lowest BCUT2D eigenvalue weighted by atomic mass is 10.0. The number of nitrogens with zero attached hydrogens (tertiary/aromatic N) is 5. The van der Waals surface area contributed by atoms with Crippen LogP contribution >= 0.6 is 0 Å². The van der Waals surface area contributed by atoms with E-state index in [0.717, 1.165) is 23.5 Å². The third-order valence-corrected chi connectivity index (χ3v) is 5.09. The Morgan fingerprint density at radius 2 is 2.10 bits per heavy atom. The molecule has 3 aromatic heterocycles. The van der Waals surface area contributed by atoms with Gasteiger partial charge in [0.15, 0.2) is 6.10 Å². The summed E-state index contributed by atoms with van der Waals surface area (Å²) >= 11 is 0. The van der Waals surface area contributed by atoms with E-state index in [-0.39, 0.29) is 17.3 Å². The van der Waals surface area contributed by atoms with Gasteiger partial charge >= 0.3 is 0 Å². The highest BCUT2D eigenvalue weighted by Gasteiger charge is 2.24. The van der Waals surface area contributed by atoms with Crippen molar-refractivity contribution in [3.05, 3.63) is 89.0 Å². The number of carbonyl (C=O) groups excluding carboxylic acids is 1. The zero-order valence-electron chi connectivity index (χ0n) is 16.9. The maximum atomic E-state index is 13.1. The maximum absolute atomic E-state index is 13.1. The fourth-order valence-electron chi connectivity index (χ4n) is 3.59. The Morgan fingerprint density at radius 1 is 1.19 bits per heavy atom. The van der Waals surface area contributed by atoms with E-state index in [1.807, 2.05) is 35.8 Å². The molecule has 4 aromatic rings. The average molecular weight is 416 g/mol. The highest BCUT2D eigenvalue weighted by molar-refractivity contribution is 6.05. The molecule has 0 bridgehead atoms. The van der Waals surface area contributed by atoms with Gasteiger partial charge < -0.3 is 19.1 Å². The van der Waals surface area contributed by atoms with E-state index in [0.29, 0.717) is 24.7 Å². The van der Waals surface area contributed by atoms with Gasteiger partial charge in [-0.15, -0.1) is 10.2 Å². The van der Waals surface area contributed by atoms with Crippen molar-refractivity contribution < 1.29 is 14.1 Å². The number of aromatic nitrogens is 5. The first-order valence-corrected chi connectivity index (χ1v) is 9.97. The number of ether oxygens (including phenoxy) is 1. The molecule has 0 saturated heterocycles. The van der Waals surface area contributed by atoms with Crippen LogP contribution in [-0.2, 0) is 13.1 Å². The molecule has 9 nitrogen and oxygen atoms in total. The Morgan fingerprint density at radius 3 is 2.94 bits per heavy atom. The monoisotopic (exact) mass is 416 g/mol. The molecule has 0 saturated carbocycles. The zero-order valence-corrected chi connectivity index (χ0v) is 16.9. The molecule has 31 heavy (non-hydrogen) atoms. The van der Waals surface area contributed by atoms with Crippen molar-refractivity contribution >= 4 is 5.78 Å². The number of hydrogen-bond donors (Lipinski definition) is 1. The largest absolute Gasteiger partial charge is 0.463 e. The first kappa shape index (κ1) is 19.1. The molecule has 5 rings (SSSR count). The van der Waals surface area contributed by atoms with Crippen molar-refractivity contribution in [2.45, 2.75) is 26.1 Å². The van der Waals surface area contributed by atoms with Gasteiger partial charge in [-0.3, -0.25) is 4.79 Å². The smallest absolute Gasteiger partial charge is 0.248 e. The van der Waals surface area contributed by atoms with E-state index >= 15 is 0 Å². The fraction of sp³-hybridized carbons (Fsp3) is 0.227. The number of benzene rings is 1. The van der Waals surface area contributed by atoms with Crippen molar-refractivity contribution in [3.63, 3.8) is 0 Å². The summed E-state index contributed by atoms with van der Waals surface area (Å²) < 4.78 is 13.0. The molecule has 1 aliphatic heterocycles. The van der Waals surface area contributed by atoms with E-state index in [1.54, 1.807) is 24.3 Å². The minimum atomic E-state index is -0.525. The van der Waals surface area contributed by atoms with Crippen LogP contribution in [0.3, 0.4) is 0 Å². The standard InChI is InChI=1S/C22H20N6O3/c1-14-4-2-5-15(12-14)21(17-8-11-30-27-17)31-19-7-3-6-16(24-19)20(29)22-26-25-18-13-23-9-10-28(18)22/h2-8,11-12,21,23H,9-10,13H2,1H3. The molecule has 156 valence electrons. The fourth-order valence-corrected chi connectivity index (χ4v) is 3.59. The first-order valence-electron chi connectivity index (χ1n) is 9.97. The van der Waals surface area contributed by atoms with Crippen LogP contribution in [0.15, 0.2) is 59.3 Å². The summed E-state index contributed by atoms with van der Waals surface area (Å²) in [7, 11) is 0. The van der Waals surface area contributed by atoms with E-state index in [1.165, 1.54) is 6.26 Å². The average Bonchev–Trinajstić information content (AvgIpc) is 3.47. The van der Waals surface area contributed by atoms with E-state index in [9.17, 15) is 4.79 Å². The van der Waals surface area contributed by atoms with E-state index in [2.05, 4.69) is 25.7 Å². The number of ketones is 1. The Labute approximate surface area is 178 Å². The third-order valence-electron chi connectivity index (χ3n) is 5.09. The molecule has 0 spiro atoms. The molecule has 1 aliphatic rings. The summed E-state index contributed by atoms with van der Waals surface area (Å²) in [6.07, 6.45) is 0.974. The predicted molar refractivity (Wildman–Crippen MR) is 110 cm³/mol. The number of aryl methyl sites for hydroxylation is 1. The van der Waals surface area contributed by atoms with Gasteiger partial charge in [-0.25, -0.2) is 4.98 Å². The Kier molecular flexibility index (Phi) is 5.01. The van der Waals surface area contributed by atoms with Crippen molar-refractivity contribution in [2.24, 2.45) is 0 Å². The summed E-state index contributed by atoms with van der Waals surface area (Å²) in [5.41, 5.74) is 2.86. The molecule has 0 fully saturated rings. The Hall–Kier alpha value is -3.85. The molecular formula is C22H20N6O3. The van der Waals surface area contributed by atoms with Crippen molar-refractivity contribution in [2.75, 3.05) is 6.54 Å². The zero-order chi connectivity index (χ0) is 21.2. The molecule has 1 unspecified atom stereocenters. The number of rotatable bonds is 6. The second-order valence-electron chi connectivity index (χ2n) is 7.29. The molecule has 9 heteroatoms. The number of carbonyl (C=O) groups is 1. The second kappa shape index (κ2) is 8.11. The number of fused-ring (bicyclic) bond motifs is 1. The van der Waals surface area contributed by atoms with Crippen molar-refractivity contribution in [1.29, 1.82) is 0 Å². The predicted octanol–water partition coefficient (Wildman–Crippen LogP) is 2.47. The number of pyridine rings is 1. The molecule has 0 radical (unpaired) electrons. The minimum absolute atomic E-state index is 0.245. The number of hydrogen-bond acceptors (Lipinski definition) is 8. The molecule has 1 aromatic carbocycles. The lowest BCUT2D eigenvalue weighted by Crippen LogP contribution is -2.30. The summed E-state index contributed by atoms with van der Waals surface area (Å²) in [6.45, 7) is 4.00. The van der Waals surface area contributed by atoms with Gasteiger partial charge in [0.25, 0.3) is 0 Å². The van der Waals surface area contributed by atoms with E-state index < -0.39 is 6.10 Å². The second-order valence-corrected chi connectivity index (χ2v) is 7.29. The maximum Gasteiger partial charge on any atom is 0.248 e. The molecule has 1 atom stereocenters. The highest BCUT2D eigenvalue weighted by atomic mass is 16.5. The lowest BCUT2D eigenvalue weighted by molar-refractivity contribution is 0.101. The minimum Gasteiger partial charge on any atom is -0.463 e. The number of nitrogens with one attached hydrogen (secondary N) is 1. The van der Waals surface area contributed by atoms with Gasteiger partial charge in [0.2, 0.25) is 17.5 Å². The van der Waals surface area contributed by atoms with Gasteiger partial charge in [0.1, 0.15) is 23.5 Å². The van der Waals surface area contributed by atoms with Crippen molar-refractivity contribution in [3.8, 4) is 5.88 Å². The van der Waals surface area contributed by atoms with Gasteiger partial charge in [-0.1, -0.05) is 41.1 Å². The van der Waals surface area contributed by atoms with Gasteiger partial charge in [0.05, 0.1) is 6.54 Å². The SMILES string of the molecule is Cc1cccc(C(Oc2cccc(C(=O)c3nnc4n3CCNC4)n2)c2ccon2)c1. The van der Waals surface area contributed by atoms with Crippen LogP contribution in [0.4, 0.5) is 0 Å². The molecule has 1 N–H and O–H groups in total. The van der Waals surface area contributed by atoms with E-state index in [4.69, 9.17) is 9.26 Å². The molecule has 0 amide bonds. The first-order chi connectivity index (χ1) is 15.2. The van der Waals surface area contributed by atoms with Crippen LogP contribution in [-0.4, -0.2) is 37.2 Å². The highest BCUT2D eigenvalue weighted by Crippen LogP contribution is 2.27. The van der Waals surface area contributed by atoms with Gasteiger partial charge in [0, 0.05) is 25.2 Å². The summed E-state index contributed by atoms with van der Waals surface area (Å²) in [4.78, 5) is 17.5. The van der Waals surface area contributed by atoms with Crippen LogP contribution in [0.1, 0.15) is 45.1 Å². The normalized spacial score (nSPS) is 14.1. The molecule has 4 heterocycles. The Balaban J connectivity index is 1.45. The topological polar surface area (TPSA) is 108 Å². The molecular weight excluding hydrogens is 396 g/mol.